The van der Waals surface area contributed by atoms with E-state index in [9.17, 15) is 4.79 Å². The summed E-state index contributed by atoms with van der Waals surface area (Å²) in [5, 5.41) is 9.03. The highest BCUT2D eigenvalue weighted by atomic mass is 16.6. The molecule has 5 atom stereocenters. The lowest BCUT2D eigenvalue weighted by Gasteiger charge is -2.15. The number of carboxylic acids is 1. The van der Waals surface area contributed by atoms with E-state index in [0.717, 1.165) is 37.5 Å². The summed E-state index contributed by atoms with van der Waals surface area (Å²) in [6.45, 7) is 20.0. The minimum atomic E-state index is -0.640. The number of hydrogen-bond acceptors (Lipinski definition) is 3. The lowest BCUT2D eigenvalue weighted by molar-refractivity contribution is -0.143. The normalized spacial score (nSPS) is 19.2. The second-order valence-electron chi connectivity index (χ2n) is 19.4. The zero-order valence-electron chi connectivity index (χ0n) is 40.3. The monoisotopic (exact) mass is 805 g/mol. The van der Waals surface area contributed by atoms with Crippen molar-refractivity contribution in [3.8, 4) is 0 Å². The fraction of sp³-hybridized carbons (Fsp3) is 0.943. The molecule has 2 aliphatic rings. The van der Waals surface area contributed by atoms with E-state index in [1.54, 1.807) is 0 Å². The van der Waals surface area contributed by atoms with Gasteiger partial charge in [-0.15, -0.1) is 0 Å². The highest BCUT2D eigenvalue weighted by molar-refractivity contribution is 5.70. The van der Waals surface area contributed by atoms with Crippen LogP contribution in [0.1, 0.15) is 274 Å². The topological polar surface area (TPSA) is 62.4 Å². The van der Waals surface area contributed by atoms with Crippen LogP contribution in [0.15, 0.2) is 12.2 Å². The van der Waals surface area contributed by atoms with Gasteiger partial charge in [0, 0.05) is 0 Å². The maximum Gasteiger partial charge on any atom is 0.306 e. The molecule has 2 unspecified atom stereocenters. The Kier molecular flexibility index (Phi) is 39.9. The zero-order chi connectivity index (χ0) is 42.4. The molecule has 0 aromatic heterocycles. The smallest absolute Gasteiger partial charge is 0.306 e. The number of ether oxygens (including phenoxy) is 2. The van der Waals surface area contributed by atoms with Gasteiger partial charge in [-0.3, -0.25) is 4.79 Å². The van der Waals surface area contributed by atoms with E-state index in [0.29, 0.717) is 24.4 Å². The van der Waals surface area contributed by atoms with Gasteiger partial charge in [0.1, 0.15) is 0 Å². The molecule has 0 aliphatic carbocycles. The van der Waals surface area contributed by atoms with Crippen LogP contribution >= 0.6 is 0 Å². The first-order valence-electron chi connectivity index (χ1n) is 25.8. The van der Waals surface area contributed by atoms with Crippen molar-refractivity contribution >= 4 is 5.97 Å². The van der Waals surface area contributed by atoms with Crippen LogP contribution in [0.3, 0.4) is 0 Å². The summed E-state index contributed by atoms with van der Waals surface area (Å²) in [5.74, 6) is 1.16. The van der Waals surface area contributed by atoms with Crippen molar-refractivity contribution in [3.05, 3.63) is 12.2 Å². The van der Waals surface area contributed by atoms with E-state index < -0.39 is 5.97 Å². The molecular formula is C53H104O4. The van der Waals surface area contributed by atoms with E-state index in [1.807, 2.05) is 13.8 Å². The number of aliphatic carboxylic acids is 1. The van der Waals surface area contributed by atoms with Crippen molar-refractivity contribution in [1.82, 2.24) is 0 Å². The molecule has 0 radical (unpaired) electrons. The maximum atomic E-state index is 11.0. The minimum Gasteiger partial charge on any atom is -0.481 e. The molecular weight excluding hydrogens is 701 g/mol. The Bertz CT molecular complexity index is 819. The van der Waals surface area contributed by atoms with Crippen LogP contribution < -0.4 is 0 Å². The predicted molar refractivity (Wildman–Crippen MR) is 251 cm³/mol. The number of unbranched alkanes of at least 4 members (excludes halogenated alkanes) is 20. The fourth-order valence-electron chi connectivity index (χ4n) is 8.06. The van der Waals surface area contributed by atoms with Crippen LogP contribution in [0.25, 0.3) is 0 Å². The summed E-state index contributed by atoms with van der Waals surface area (Å²) in [7, 11) is 0. The zero-order valence-corrected chi connectivity index (χ0v) is 40.3. The molecule has 4 heteroatoms. The van der Waals surface area contributed by atoms with Gasteiger partial charge in [0.05, 0.1) is 30.3 Å². The Labute approximate surface area is 358 Å². The van der Waals surface area contributed by atoms with E-state index in [1.165, 1.54) is 186 Å². The molecule has 1 N–H and O–H groups in total. The molecule has 0 amide bonds. The molecule has 2 rings (SSSR count). The SMILES string of the molecule is CCCC/C=C\CCCCC(C(=O)O)C(C)C.CCCCCCCCCCC1O[C@@H]1CCCCC(C)C.CCCCCCCCCC[C@@H]1O[C@@H]1CCCCC(C)C. The second kappa shape index (κ2) is 40.5. The van der Waals surface area contributed by atoms with Crippen LogP contribution in [-0.2, 0) is 14.3 Å². The number of rotatable bonds is 38. The van der Waals surface area contributed by atoms with Crippen molar-refractivity contribution in [3.63, 3.8) is 0 Å². The number of carbonyl (C=O) groups is 1. The van der Waals surface area contributed by atoms with Crippen LogP contribution in [0.5, 0.6) is 0 Å². The molecule has 0 bridgehead atoms. The molecule has 2 fully saturated rings. The summed E-state index contributed by atoms with van der Waals surface area (Å²) in [6.07, 6.45) is 51.1. The van der Waals surface area contributed by atoms with Crippen molar-refractivity contribution in [1.29, 1.82) is 0 Å². The lowest BCUT2D eigenvalue weighted by Crippen LogP contribution is -2.19. The standard InChI is InChI=1S/2C19H38O.C15H28O2/c2*1-4-5-6-7-8-9-10-11-15-18-19(20-18)16-13-12-14-17(2)3;1-4-5-6-7-8-9-10-11-12-14(13(2)3)15(16)17/h2*17-19H,4-16H2,1-3H3;7-8,13-14H,4-6,9-12H2,1-3H3,(H,16,17)/b;;8-7-/t18?,19-;18-,19+;/m10./s1. The largest absolute Gasteiger partial charge is 0.481 e. The highest BCUT2D eigenvalue weighted by Crippen LogP contribution is 2.33. The molecule has 0 aromatic carbocycles. The second-order valence-corrected chi connectivity index (χ2v) is 19.4. The van der Waals surface area contributed by atoms with E-state index in [-0.39, 0.29) is 11.8 Å². The predicted octanol–water partition coefficient (Wildman–Crippen LogP) is 17.7. The quantitative estimate of drug-likeness (QED) is 0.0384. The average Bonchev–Trinajstić information content (AvgIpc) is 4.10. The molecule has 2 saturated heterocycles. The molecule has 0 saturated carbocycles. The van der Waals surface area contributed by atoms with Crippen LogP contribution in [0, 0.1) is 23.7 Å². The van der Waals surface area contributed by atoms with Crippen LogP contribution in [0.4, 0.5) is 0 Å². The van der Waals surface area contributed by atoms with Gasteiger partial charge in [-0.1, -0.05) is 235 Å². The van der Waals surface area contributed by atoms with Gasteiger partial charge in [0.2, 0.25) is 0 Å². The summed E-state index contributed by atoms with van der Waals surface area (Å²) >= 11 is 0. The third-order valence-corrected chi connectivity index (χ3v) is 12.2. The molecule has 4 nitrogen and oxygen atoms in total. The van der Waals surface area contributed by atoms with Crippen LogP contribution in [0.2, 0.25) is 0 Å². The Morgan fingerprint density at radius 1 is 0.439 bits per heavy atom. The third kappa shape index (κ3) is 39.0. The molecule has 57 heavy (non-hydrogen) atoms. The van der Waals surface area contributed by atoms with Gasteiger partial charge >= 0.3 is 5.97 Å². The van der Waals surface area contributed by atoms with Gasteiger partial charge in [0.25, 0.3) is 0 Å². The van der Waals surface area contributed by atoms with E-state index in [4.69, 9.17) is 14.6 Å². The summed E-state index contributed by atoms with van der Waals surface area (Å²) in [6, 6.07) is 0. The Balaban J connectivity index is 0.000000829. The van der Waals surface area contributed by atoms with Gasteiger partial charge in [0.15, 0.2) is 0 Å². The van der Waals surface area contributed by atoms with E-state index >= 15 is 0 Å². The average molecular weight is 805 g/mol. The van der Waals surface area contributed by atoms with Crippen molar-refractivity contribution in [2.24, 2.45) is 23.7 Å². The maximum absolute atomic E-state index is 11.0. The Hall–Kier alpha value is -0.870. The molecule has 2 heterocycles. The van der Waals surface area contributed by atoms with Gasteiger partial charge in [-0.2, -0.15) is 0 Å². The first kappa shape index (κ1) is 56.1. The van der Waals surface area contributed by atoms with Gasteiger partial charge < -0.3 is 14.6 Å². The summed E-state index contributed by atoms with van der Waals surface area (Å²) < 4.78 is 11.6. The van der Waals surface area contributed by atoms with Crippen molar-refractivity contribution in [2.75, 3.05) is 0 Å². The van der Waals surface area contributed by atoms with Crippen LogP contribution in [-0.4, -0.2) is 35.5 Å². The van der Waals surface area contributed by atoms with E-state index in [2.05, 4.69) is 60.6 Å². The lowest BCUT2D eigenvalue weighted by atomic mass is 9.90. The number of epoxide rings is 2. The Morgan fingerprint density at radius 3 is 1.09 bits per heavy atom. The molecule has 2 aliphatic heterocycles. The first-order valence-corrected chi connectivity index (χ1v) is 25.8. The van der Waals surface area contributed by atoms with Gasteiger partial charge in [-0.05, 0) is 69.1 Å². The molecule has 0 aromatic rings. The third-order valence-electron chi connectivity index (χ3n) is 12.2. The summed E-state index contributed by atoms with van der Waals surface area (Å²) in [4.78, 5) is 11.0. The minimum absolute atomic E-state index is 0.168. The number of hydrogen-bond donors (Lipinski definition) is 1. The first-order chi connectivity index (χ1) is 27.6. The molecule has 0 spiro atoms. The fourth-order valence-corrected chi connectivity index (χ4v) is 8.06. The van der Waals surface area contributed by atoms with Crippen molar-refractivity contribution in [2.45, 2.75) is 299 Å². The Morgan fingerprint density at radius 2 is 0.754 bits per heavy atom. The number of carboxylic acid groups (broad SMARTS) is 1. The van der Waals surface area contributed by atoms with Gasteiger partial charge in [-0.25, -0.2) is 0 Å². The molecule has 340 valence electrons. The van der Waals surface area contributed by atoms with Crippen molar-refractivity contribution < 1.29 is 19.4 Å². The highest BCUT2D eigenvalue weighted by Gasteiger charge is 2.37. The summed E-state index contributed by atoms with van der Waals surface area (Å²) in [5.41, 5.74) is 0. The number of allylic oxidation sites excluding steroid dienone is 2.